The van der Waals surface area contributed by atoms with Crippen molar-refractivity contribution in [3.8, 4) is 11.5 Å². The zero-order chi connectivity index (χ0) is 22.5. The van der Waals surface area contributed by atoms with Crippen LogP contribution in [0.4, 0.5) is 4.79 Å². The molecular weight excluding hydrogens is 432 g/mol. The van der Waals surface area contributed by atoms with E-state index < -0.39 is 6.23 Å². The summed E-state index contributed by atoms with van der Waals surface area (Å²) in [7, 11) is 0. The molecule has 0 spiro atoms. The highest BCUT2D eigenvalue weighted by Crippen LogP contribution is 2.30. The third-order valence-electron chi connectivity index (χ3n) is 5.06. The number of benzene rings is 2. The predicted octanol–water partition coefficient (Wildman–Crippen LogP) is 3.51. The first kappa shape index (κ1) is 22.2. The Morgan fingerprint density at radius 3 is 2.69 bits per heavy atom. The maximum atomic E-state index is 12.8. The summed E-state index contributed by atoms with van der Waals surface area (Å²) >= 11 is 0.646. The minimum atomic E-state index is -0.973. The topological polar surface area (TPSA) is 85.4 Å². The smallest absolute Gasteiger partial charge is 0.292 e. The molecule has 0 N–H and O–H groups in total. The van der Waals surface area contributed by atoms with Gasteiger partial charge in [0.2, 0.25) is 11.3 Å². The Labute approximate surface area is 190 Å². The van der Waals surface area contributed by atoms with E-state index in [2.05, 4.69) is 0 Å². The average molecular weight is 457 g/mol. The van der Waals surface area contributed by atoms with Crippen LogP contribution in [0.5, 0.6) is 11.5 Å². The Hall–Kier alpha value is -3.04. The Morgan fingerprint density at radius 2 is 1.91 bits per heavy atom. The molecule has 2 heterocycles. The van der Waals surface area contributed by atoms with Crippen LogP contribution < -0.4 is 9.47 Å². The Kier molecular flexibility index (Phi) is 6.96. The van der Waals surface area contributed by atoms with Crippen molar-refractivity contribution >= 4 is 28.0 Å². The van der Waals surface area contributed by atoms with Gasteiger partial charge in [-0.2, -0.15) is 0 Å². The predicted molar refractivity (Wildman–Crippen MR) is 118 cm³/mol. The van der Waals surface area contributed by atoms with Crippen LogP contribution >= 0.6 is 11.8 Å². The number of hydrogen-bond acceptors (Lipinski definition) is 7. The van der Waals surface area contributed by atoms with E-state index in [1.807, 2.05) is 37.3 Å². The molecule has 1 fully saturated rings. The molecule has 32 heavy (non-hydrogen) atoms. The molecule has 0 saturated carbocycles. The minimum absolute atomic E-state index is 0.0758. The molecule has 1 unspecified atom stereocenters. The van der Waals surface area contributed by atoms with Crippen LogP contribution in [-0.4, -0.2) is 58.8 Å². The summed E-state index contributed by atoms with van der Waals surface area (Å²) in [6.07, 6.45) is -0.0832. The van der Waals surface area contributed by atoms with E-state index in [9.17, 15) is 14.4 Å². The van der Waals surface area contributed by atoms with Gasteiger partial charge in [0, 0.05) is 30.9 Å². The van der Waals surface area contributed by atoms with E-state index in [0.717, 1.165) is 12.0 Å². The third kappa shape index (κ3) is 4.89. The fourth-order valence-corrected chi connectivity index (χ4v) is 4.17. The van der Waals surface area contributed by atoms with Gasteiger partial charge in [0.05, 0.1) is 18.8 Å². The lowest BCUT2D eigenvalue weighted by Gasteiger charge is -2.30. The highest BCUT2D eigenvalue weighted by atomic mass is 32.2. The fraction of sp³-hybridized carbons (Fsp3) is 0.348. The molecule has 0 aromatic heterocycles. The van der Waals surface area contributed by atoms with Gasteiger partial charge in [-0.3, -0.25) is 19.3 Å². The molecule has 0 bridgehead atoms. The molecule has 0 radical (unpaired) electrons. The summed E-state index contributed by atoms with van der Waals surface area (Å²) < 4.78 is 17.0. The summed E-state index contributed by atoms with van der Waals surface area (Å²) in [5.74, 6) is 0.972. The van der Waals surface area contributed by atoms with E-state index in [1.54, 1.807) is 18.2 Å². The van der Waals surface area contributed by atoms with Crippen molar-refractivity contribution in [2.24, 2.45) is 0 Å². The zero-order valence-electron chi connectivity index (χ0n) is 17.7. The van der Waals surface area contributed by atoms with Gasteiger partial charge >= 0.3 is 0 Å². The van der Waals surface area contributed by atoms with Crippen molar-refractivity contribution in [2.45, 2.75) is 26.1 Å². The quantitative estimate of drug-likeness (QED) is 0.571. The molecular formula is C23H24N2O6S. The molecule has 2 aliphatic rings. The van der Waals surface area contributed by atoms with Crippen LogP contribution in [-0.2, 0) is 16.1 Å². The van der Waals surface area contributed by atoms with E-state index in [-0.39, 0.29) is 42.7 Å². The maximum absolute atomic E-state index is 12.8. The lowest BCUT2D eigenvalue weighted by molar-refractivity contribution is -0.130. The van der Waals surface area contributed by atoms with Gasteiger partial charge < -0.3 is 19.1 Å². The lowest BCUT2D eigenvalue weighted by atomic mass is 10.1. The molecule has 2 aromatic carbocycles. The number of fused-ring (bicyclic) bond motifs is 1. The largest absolute Gasteiger partial charge is 0.493 e. The monoisotopic (exact) mass is 456 g/mol. The lowest BCUT2D eigenvalue weighted by Crippen LogP contribution is -2.43. The molecule has 1 atom stereocenters. The molecule has 9 heteroatoms. The standard InChI is InChI=1S/C23H24N2O6S/c1-2-11-29-17-8-9-18-19(13-17)31-15-24(20(18)26)10-12-30-21-22(27)32-23(28)25(21)14-16-6-4-3-5-7-16/h3-9,13,21H,2,10-12,14-15H2,1H3. The first-order valence-electron chi connectivity index (χ1n) is 10.4. The number of ether oxygens (including phenoxy) is 3. The highest BCUT2D eigenvalue weighted by Gasteiger charge is 2.40. The number of hydrogen-bond donors (Lipinski definition) is 0. The van der Waals surface area contributed by atoms with Crippen LogP contribution in [0.1, 0.15) is 29.3 Å². The Bertz CT molecular complexity index is 999. The van der Waals surface area contributed by atoms with Crippen molar-refractivity contribution in [3.63, 3.8) is 0 Å². The van der Waals surface area contributed by atoms with Crippen LogP contribution in [0.25, 0.3) is 0 Å². The van der Waals surface area contributed by atoms with E-state index in [0.29, 0.717) is 35.4 Å². The first-order chi connectivity index (χ1) is 15.6. The summed E-state index contributed by atoms with van der Waals surface area (Å²) in [5.41, 5.74) is 1.36. The van der Waals surface area contributed by atoms with Crippen LogP contribution in [0, 0.1) is 0 Å². The van der Waals surface area contributed by atoms with Crippen molar-refractivity contribution < 1.29 is 28.6 Å². The van der Waals surface area contributed by atoms with Crippen LogP contribution in [0.15, 0.2) is 48.5 Å². The molecule has 4 rings (SSSR count). The van der Waals surface area contributed by atoms with E-state index >= 15 is 0 Å². The Morgan fingerprint density at radius 1 is 1.09 bits per heavy atom. The van der Waals surface area contributed by atoms with Crippen molar-refractivity contribution in [2.75, 3.05) is 26.5 Å². The second kappa shape index (κ2) is 10.1. The summed E-state index contributed by atoms with van der Waals surface area (Å²) in [5, 5.41) is -0.687. The second-order valence-electron chi connectivity index (χ2n) is 7.37. The number of thioether (sulfide) groups is 1. The number of rotatable bonds is 9. The molecule has 2 amide bonds. The van der Waals surface area contributed by atoms with Gasteiger partial charge in [0.15, 0.2) is 6.73 Å². The van der Waals surface area contributed by atoms with Crippen LogP contribution in [0.3, 0.4) is 0 Å². The molecule has 2 aromatic rings. The van der Waals surface area contributed by atoms with Gasteiger partial charge in [-0.25, -0.2) is 0 Å². The zero-order valence-corrected chi connectivity index (χ0v) is 18.5. The van der Waals surface area contributed by atoms with Gasteiger partial charge in [-0.15, -0.1) is 0 Å². The normalized spacial score (nSPS) is 18.0. The summed E-state index contributed by atoms with van der Waals surface area (Å²) in [6.45, 7) is 3.30. The SMILES string of the molecule is CCCOc1ccc2c(c1)OCN(CCOC1C(=O)SC(=O)N1Cc1ccccc1)C2=O. The maximum Gasteiger partial charge on any atom is 0.292 e. The van der Waals surface area contributed by atoms with E-state index in [1.165, 1.54) is 9.80 Å². The Balaban J connectivity index is 1.34. The average Bonchev–Trinajstić information content (AvgIpc) is 3.06. The number of nitrogens with zero attached hydrogens (tertiary/aromatic N) is 2. The molecule has 1 saturated heterocycles. The minimum Gasteiger partial charge on any atom is -0.493 e. The number of amides is 2. The van der Waals surface area contributed by atoms with Crippen molar-refractivity contribution in [1.82, 2.24) is 9.80 Å². The van der Waals surface area contributed by atoms with Gasteiger partial charge in [0.1, 0.15) is 11.5 Å². The van der Waals surface area contributed by atoms with Gasteiger partial charge in [-0.1, -0.05) is 37.3 Å². The molecule has 168 valence electrons. The third-order valence-corrected chi connectivity index (χ3v) is 5.87. The first-order valence-corrected chi connectivity index (χ1v) is 11.2. The molecule has 2 aliphatic heterocycles. The molecule has 0 aliphatic carbocycles. The van der Waals surface area contributed by atoms with E-state index in [4.69, 9.17) is 14.2 Å². The summed E-state index contributed by atoms with van der Waals surface area (Å²) in [6, 6.07) is 14.6. The fourth-order valence-electron chi connectivity index (χ4n) is 3.43. The number of carbonyl (C=O) groups is 3. The summed E-state index contributed by atoms with van der Waals surface area (Å²) in [4.78, 5) is 40.2. The second-order valence-corrected chi connectivity index (χ2v) is 8.33. The van der Waals surface area contributed by atoms with Crippen LogP contribution in [0.2, 0.25) is 0 Å². The number of carbonyl (C=O) groups excluding carboxylic acids is 3. The van der Waals surface area contributed by atoms with Crippen molar-refractivity contribution in [1.29, 1.82) is 0 Å². The van der Waals surface area contributed by atoms with Gasteiger partial charge in [-0.05, 0) is 24.1 Å². The van der Waals surface area contributed by atoms with Gasteiger partial charge in [0.25, 0.3) is 11.1 Å². The van der Waals surface area contributed by atoms with Crippen molar-refractivity contribution in [3.05, 3.63) is 59.7 Å². The highest BCUT2D eigenvalue weighted by molar-refractivity contribution is 8.26. The molecule has 8 nitrogen and oxygen atoms in total.